The van der Waals surface area contributed by atoms with Crippen LogP contribution < -0.4 is 14.8 Å². The summed E-state index contributed by atoms with van der Waals surface area (Å²) in [7, 11) is 0.200. The summed E-state index contributed by atoms with van der Waals surface area (Å²) in [5.74, 6) is 0.104. The number of benzene rings is 1. The first-order valence-corrected chi connectivity index (χ1v) is 9.17. The Balaban J connectivity index is 2.10. The van der Waals surface area contributed by atoms with Crippen molar-refractivity contribution in [3.8, 4) is 11.5 Å². The maximum Gasteiger partial charge on any atom is 0.247 e. The molecule has 0 aliphatic carbocycles. The zero-order valence-corrected chi connectivity index (χ0v) is 15.6. The summed E-state index contributed by atoms with van der Waals surface area (Å²) < 4.78 is 36.7. The Kier molecular flexibility index (Phi) is 6.53. The largest absolute Gasteiger partial charge is 0.497 e. The van der Waals surface area contributed by atoms with Gasteiger partial charge in [0.2, 0.25) is 15.9 Å². The quantitative estimate of drug-likeness (QED) is 0.736. The Morgan fingerprint density at radius 2 is 1.96 bits per heavy atom. The molecule has 0 atom stereocenters. The number of pyridine rings is 1. The Labute approximate surface area is 152 Å². The number of aromatic nitrogens is 1. The predicted molar refractivity (Wildman–Crippen MR) is 95.4 cm³/mol. The molecule has 0 aliphatic heterocycles. The van der Waals surface area contributed by atoms with E-state index in [0.717, 1.165) is 4.31 Å². The van der Waals surface area contributed by atoms with Gasteiger partial charge in [-0.25, -0.2) is 8.42 Å². The van der Waals surface area contributed by atoms with Gasteiger partial charge in [-0.05, 0) is 24.3 Å². The maximum atomic E-state index is 12.8. The number of amides is 1. The molecule has 0 saturated carbocycles. The highest BCUT2D eigenvalue weighted by Crippen LogP contribution is 2.29. The number of likely N-dealkylation sites (N-methyl/N-ethyl adjacent to an activating group) is 1. The van der Waals surface area contributed by atoms with Crippen molar-refractivity contribution < 1.29 is 22.7 Å². The molecule has 1 heterocycles. The predicted octanol–water partition coefficient (Wildman–Crippen LogP) is 1.04. The van der Waals surface area contributed by atoms with Crippen LogP contribution in [0.25, 0.3) is 0 Å². The second-order valence-corrected chi connectivity index (χ2v) is 7.39. The van der Waals surface area contributed by atoms with Crippen LogP contribution in [-0.4, -0.2) is 51.4 Å². The summed E-state index contributed by atoms with van der Waals surface area (Å²) in [4.78, 5) is 16.1. The zero-order valence-electron chi connectivity index (χ0n) is 14.8. The molecule has 0 bridgehead atoms. The van der Waals surface area contributed by atoms with Crippen molar-refractivity contribution in [2.45, 2.75) is 11.4 Å². The molecular formula is C17H21N3O5S. The number of rotatable bonds is 8. The summed E-state index contributed by atoms with van der Waals surface area (Å²) in [6.07, 6.45) is 1.62. The number of carbonyl (C=O) groups is 1. The number of nitrogens with one attached hydrogen (secondary N) is 1. The minimum Gasteiger partial charge on any atom is -0.497 e. The Bertz CT molecular complexity index is 856. The van der Waals surface area contributed by atoms with Crippen LogP contribution in [0.15, 0.2) is 47.5 Å². The fraction of sp³-hybridized carbons (Fsp3) is 0.294. The van der Waals surface area contributed by atoms with Crippen LogP contribution in [0.4, 0.5) is 0 Å². The molecule has 1 amide bonds. The second kappa shape index (κ2) is 8.63. The van der Waals surface area contributed by atoms with Crippen LogP contribution >= 0.6 is 0 Å². The third-order valence-corrected chi connectivity index (χ3v) is 5.44. The molecule has 140 valence electrons. The van der Waals surface area contributed by atoms with Gasteiger partial charge in [-0.15, -0.1) is 0 Å². The molecule has 8 nitrogen and oxygen atoms in total. The highest BCUT2D eigenvalue weighted by Gasteiger charge is 2.27. The van der Waals surface area contributed by atoms with E-state index in [1.54, 1.807) is 30.5 Å². The monoisotopic (exact) mass is 379 g/mol. The van der Waals surface area contributed by atoms with Gasteiger partial charge in [0.1, 0.15) is 16.4 Å². The standard InChI is InChI=1S/C17H21N3O5S/c1-20(12-17(21)19-11-13-6-4-5-9-18-13)26(22,23)16-10-14(24-2)7-8-15(16)25-3/h4-10H,11-12H2,1-3H3,(H,19,21). The molecule has 1 N–H and O–H groups in total. The van der Waals surface area contributed by atoms with Crippen LogP contribution in [-0.2, 0) is 21.4 Å². The molecule has 1 aromatic heterocycles. The molecule has 0 unspecified atom stereocenters. The van der Waals surface area contributed by atoms with Gasteiger partial charge < -0.3 is 14.8 Å². The summed E-state index contributed by atoms with van der Waals surface area (Å²) in [5, 5.41) is 2.64. The summed E-state index contributed by atoms with van der Waals surface area (Å²) >= 11 is 0. The fourth-order valence-electron chi connectivity index (χ4n) is 2.19. The van der Waals surface area contributed by atoms with E-state index in [1.165, 1.54) is 33.4 Å². The molecule has 0 radical (unpaired) electrons. The molecule has 0 aliphatic rings. The third-order valence-electron chi connectivity index (χ3n) is 3.62. The van der Waals surface area contributed by atoms with Gasteiger partial charge in [-0.3, -0.25) is 9.78 Å². The minimum atomic E-state index is -3.94. The molecule has 26 heavy (non-hydrogen) atoms. The average molecular weight is 379 g/mol. The van der Waals surface area contributed by atoms with E-state index in [-0.39, 0.29) is 23.7 Å². The number of methoxy groups -OCH3 is 2. The van der Waals surface area contributed by atoms with Crippen LogP contribution in [0, 0.1) is 0 Å². The van der Waals surface area contributed by atoms with Gasteiger partial charge in [0.15, 0.2) is 0 Å². The van der Waals surface area contributed by atoms with Crippen LogP contribution in [0.5, 0.6) is 11.5 Å². The van der Waals surface area contributed by atoms with E-state index >= 15 is 0 Å². The van der Waals surface area contributed by atoms with E-state index in [2.05, 4.69) is 10.3 Å². The first kappa shape index (κ1) is 19.7. The fourth-order valence-corrected chi connectivity index (χ4v) is 3.48. The van der Waals surface area contributed by atoms with E-state index < -0.39 is 15.9 Å². The lowest BCUT2D eigenvalue weighted by atomic mass is 10.3. The summed E-state index contributed by atoms with van der Waals surface area (Å²) in [5.41, 5.74) is 0.681. The van der Waals surface area contributed by atoms with Crippen molar-refractivity contribution in [2.24, 2.45) is 0 Å². The highest BCUT2D eigenvalue weighted by molar-refractivity contribution is 7.89. The SMILES string of the molecule is COc1ccc(OC)c(S(=O)(=O)N(C)CC(=O)NCc2ccccn2)c1. The molecule has 2 aromatic rings. The van der Waals surface area contributed by atoms with Crippen LogP contribution in [0.1, 0.15) is 5.69 Å². The smallest absolute Gasteiger partial charge is 0.247 e. The topological polar surface area (TPSA) is 97.8 Å². The lowest BCUT2D eigenvalue weighted by molar-refractivity contribution is -0.121. The van der Waals surface area contributed by atoms with Gasteiger partial charge in [0, 0.05) is 19.3 Å². The van der Waals surface area contributed by atoms with Gasteiger partial charge >= 0.3 is 0 Å². The van der Waals surface area contributed by atoms with Gasteiger partial charge in [0.05, 0.1) is 33.0 Å². The zero-order chi connectivity index (χ0) is 19.2. The van der Waals surface area contributed by atoms with E-state index in [0.29, 0.717) is 11.4 Å². The number of hydrogen-bond donors (Lipinski definition) is 1. The molecule has 0 fully saturated rings. The number of hydrogen-bond acceptors (Lipinski definition) is 6. The Morgan fingerprint density at radius 1 is 1.19 bits per heavy atom. The third kappa shape index (κ3) is 4.70. The van der Waals surface area contributed by atoms with Crippen molar-refractivity contribution in [3.05, 3.63) is 48.3 Å². The van der Waals surface area contributed by atoms with Crippen molar-refractivity contribution in [1.82, 2.24) is 14.6 Å². The minimum absolute atomic E-state index is 0.0700. The Morgan fingerprint density at radius 3 is 2.58 bits per heavy atom. The van der Waals surface area contributed by atoms with Crippen molar-refractivity contribution in [2.75, 3.05) is 27.8 Å². The Hall–Kier alpha value is -2.65. The van der Waals surface area contributed by atoms with Crippen molar-refractivity contribution >= 4 is 15.9 Å². The lowest BCUT2D eigenvalue weighted by Gasteiger charge is -2.19. The van der Waals surface area contributed by atoms with E-state index in [4.69, 9.17) is 9.47 Å². The number of carbonyl (C=O) groups excluding carboxylic acids is 1. The normalized spacial score (nSPS) is 11.2. The summed E-state index contributed by atoms with van der Waals surface area (Å²) in [6.45, 7) is -0.119. The first-order valence-electron chi connectivity index (χ1n) is 7.73. The molecule has 0 spiro atoms. The van der Waals surface area contributed by atoms with Gasteiger partial charge in [0.25, 0.3) is 0 Å². The highest BCUT2D eigenvalue weighted by atomic mass is 32.2. The number of ether oxygens (including phenoxy) is 2. The molecule has 0 saturated heterocycles. The lowest BCUT2D eigenvalue weighted by Crippen LogP contribution is -2.38. The van der Waals surface area contributed by atoms with Crippen LogP contribution in [0.3, 0.4) is 0 Å². The van der Waals surface area contributed by atoms with Gasteiger partial charge in [-0.2, -0.15) is 4.31 Å². The second-order valence-electron chi connectivity index (χ2n) is 5.38. The van der Waals surface area contributed by atoms with E-state index in [9.17, 15) is 13.2 Å². The van der Waals surface area contributed by atoms with E-state index in [1.807, 2.05) is 0 Å². The van der Waals surface area contributed by atoms with Gasteiger partial charge in [-0.1, -0.05) is 6.07 Å². The average Bonchev–Trinajstić information content (AvgIpc) is 2.66. The number of sulfonamides is 1. The molecular weight excluding hydrogens is 358 g/mol. The number of nitrogens with zero attached hydrogens (tertiary/aromatic N) is 2. The molecule has 1 aromatic carbocycles. The molecule has 2 rings (SSSR count). The summed E-state index contributed by atoms with van der Waals surface area (Å²) in [6, 6.07) is 9.80. The van der Waals surface area contributed by atoms with Crippen LogP contribution in [0.2, 0.25) is 0 Å². The molecule has 9 heteroatoms. The maximum absolute atomic E-state index is 12.8. The van der Waals surface area contributed by atoms with Crippen molar-refractivity contribution in [1.29, 1.82) is 0 Å². The first-order chi connectivity index (χ1) is 12.4. The van der Waals surface area contributed by atoms with Crippen molar-refractivity contribution in [3.63, 3.8) is 0 Å².